The lowest BCUT2D eigenvalue weighted by Crippen LogP contribution is -2.42. The van der Waals surface area contributed by atoms with Crippen LogP contribution in [0, 0.1) is 0 Å². The van der Waals surface area contributed by atoms with Crippen molar-refractivity contribution in [3.63, 3.8) is 0 Å². The average molecular weight is 495 g/mol. The van der Waals surface area contributed by atoms with Crippen molar-refractivity contribution < 1.29 is 50.2 Å². The molecule has 0 bridgehead atoms. The highest BCUT2D eigenvalue weighted by Crippen LogP contribution is 2.38. The molecule has 0 saturated carbocycles. The number of ether oxygens (including phenoxy) is 2. The van der Waals surface area contributed by atoms with Gasteiger partial charge in [0.25, 0.3) is 0 Å². The van der Waals surface area contributed by atoms with Gasteiger partial charge in [-0.3, -0.25) is 4.79 Å². The molecular weight excluding hydrogens is 472 g/mol. The van der Waals surface area contributed by atoms with E-state index in [-0.39, 0.29) is 24.5 Å². The highest BCUT2D eigenvalue weighted by Gasteiger charge is 2.49. The third-order valence-corrected chi connectivity index (χ3v) is 5.12. The van der Waals surface area contributed by atoms with Crippen LogP contribution in [0.4, 0.5) is 26.3 Å². The molecule has 0 aromatic heterocycles. The van der Waals surface area contributed by atoms with Gasteiger partial charge in [0.15, 0.2) is 0 Å². The number of carbonyl (C=O) groups is 2. The molecule has 0 fully saturated rings. The molecule has 34 heavy (non-hydrogen) atoms. The second kappa shape index (κ2) is 10.9. The third kappa shape index (κ3) is 6.97. The molecule has 0 spiro atoms. The molecule has 2 rings (SSSR count). The molecule has 1 aliphatic rings. The van der Waals surface area contributed by atoms with Crippen LogP contribution >= 0.6 is 0 Å². The summed E-state index contributed by atoms with van der Waals surface area (Å²) in [5.41, 5.74) is -4.17. The summed E-state index contributed by atoms with van der Waals surface area (Å²) < 4.78 is 87.0. The molecule has 1 aromatic rings. The zero-order valence-electron chi connectivity index (χ0n) is 18.4. The van der Waals surface area contributed by atoms with Crippen molar-refractivity contribution in [2.24, 2.45) is 5.16 Å². The number of esters is 2. The standard InChI is InChI=1S/C22H23F6NO5/c1-32-18(30)13-20(19(31)33-2)12-16(29-34-20)8-6-4-3-5-7-14-9-10-15(21(23,24)25)11-17(14)22(26,27)28/h5,7,9-11H,3-4,6,8,12-13H2,1-2H3. The summed E-state index contributed by atoms with van der Waals surface area (Å²) in [6.45, 7) is 0. The maximum absolute atomic E-state index is 13.2. The van der Waals surface area contributed by atoms with E-state index in [2.05, 4.69) is 9.89 Å². The summed E-state index contributed by atoms with van der Waals surface area (Å²) in [6.07, 6.45) is -5.74. The minimum absolute atomic E-state index is 0.0328. The Bertz CT molecular complexity index is 954. The number of benzene rings is 1. The number of hydrogen-bond acceptors (Lipinski definition) is 6. The molecule has 1 heterocycles. The summed E-state index contributed by atoms with van der Waals surface area (Å²) in [7, 11) is 2.32. The van der Waals surface area contributed by atoms with Crippen LogP contribution < -0.4 is 0 Å². The predicted octanol–water partition coefficient (Wildman–Crippen LogP) is 5.55. The monoisotopic (exact) mass is 495 g/mol. The normalized spacial score (nSPS) is 18.5. The lowest BCUT2D eigenvalue weighted by atomic mass is 9.92. The molecule has 12 heteroatoms. The highest BCUT2D eigenvalue weighted by atomic mass is 19.4. The van der Waals surface area contributed by atoms with Crippen molar-refractivity contribution >= 4 is 23.7 Å². The molecule has 1 aromatic carbocycles. The number of hydrogen-bond donors (Lipinski definition) is 0. The van der Waals surface area contributed by atoms with Gasteiger partial charge in [0.1, 0.15) is 0 Å². The predicted molar refractivity (Wildman–Crippen MR) is 108 cm³/mol. The van der Waals surface area contributed by atoms with Gasteiger partial charge in [0, 0.05) is 6.42 Å². The number of unbranched alkanes of at least 4 members (excludes halogenated alkanes) is 2. The van der Waals surface area contributed by atoms with E-state index in [1.165, 1.54) is 13.2 Å². The van der Waals surface area contributed by atoms with Crippen LogP contribution in [0.1, 0.15) is 55.2 Å². The second-order valence-corrected chi connectivity index (χ2v) is 7.61. The Labute approximate surface area is 191 Å². The average Bonchev–Trinajstić information content (AvgIpc) is 3.17. The Morgan fingerprint density at radius 2 is 1.79 bits per heavy atom. The Kier molecular flexibility index (Phi) is 8.73. The Balaban J connectivity index is 1.92. The van der Waals surface area contributed by atoms with Gasteiger partial charge in [-0.15, -0.1) is 0 Å². The van der Waals surface area contributed by atoms with Gasteiger partial charge in [0.2, 0.25) is 5.60 Å². The van der Waals surface area contributed by atoms with Crippen LogP contribution in [0.15, 0.2) is 29.4 Å². The van der Waals surface area contributed by atoms with Crippen molar-refractivity contribution in [3.05, 3.63) is 41.0 Å². The van der Waals surface area contributed by atoms with Gasteiger partial charge in [-0.05, 0) is 43.4 Å². The fourth-order valence-corrected chi connectivity index (χ4v) is 3.37. The van der Waals surface area contributed by atoms with Gasteiger partial charge in [-0.1, -0.05) is 23.4 Å². The van der Waals surface area contributed by atoms with Crippen LogP contribution in [-0.2, 0) is 36.3 Å². The molecule has 6 nitrogen and oxygen atoms in total. The molecule has 1 aliphatic heterocycles. The van der Waals surface area contributed by atoms with E-state index in [1.54, 1.807) is 0 Å². The number of methoxy groups -OCH3 is 2. The molecule has 0 radical (unpaired) electrons. The number of carbonyl (C=O) groups excluding carboxylic acids is 2. The lowest BCUT2D eigenvalue weighted by Gasteiger charge is -2.22. The third-order valence-electron chi connectivity index (χ3n) is 5.12. The first kappa shape index (κ1) is 27.2. The summed E-state index contributed by atoms with van der Waals surface area (Å²) in [5.74, 6) is -1.44. The minimum Gasteiger partial charge on any atom is -0.469 e. The first-order valence-electron chi connectivity index (χ1n) is 10.2. The summed E-state index contributed by atoms with van der Waals surface area (Å²) >= 11 is 0. The number of allylic oxidation sites excluding steroid dienone is 1. The summed E-state index contributed by atoms with van der Waals surface area (Å²) in [4.78, 5) is 28.9. The van der Waals surface area contributed by atoms with Gasteiger partial charge >= 0.3 is 24.3 Å². The largest absolute Gasteiger partial charge is 0.469 e. The Morgan fingerprint density at radius 3 is 2.38 bits per heavy atom. The summed E-state index contributed by atoms with van der Waals surface area (Å²) in [6, 6.07) is 1.50. The first-order valence-corrected chi connectivity index (χ1v) is 10.2. The second-order valence-electron chi connectivity index (χ2n) is 7.61. The molecule has 188 valence electrons. The molecule has 0 saturated heterocycles. The van der Waals surface area contributed by atoms with Crippen LogP contribution in [0.3, 0.4) is 0 Å². The van der Waals surface area contributed by atoms with E-state index in [9.17, 15) is 35.9 Å². The van der Waals surface area contributed by atoms with Gasteiger partial charge in [0.05, 0.1) is 37.5 Å². The van der Waals surface area contributed by atoms with Gasteiger partial charge in [-0.2, -0.15) is 26.3 Å². The van der Waals surface area contributed by atoms with E-state index in [0.29, 0.717) is 37.5 Å². The zero-order valence-corrected chi connectivity index (χ0v) is 18.4. The van der Waals surface area contributed by atoms with Crippen molar-refractivity contribution in [2.75, 3.05) is 14.2 Å². The minimum atomic E-state index is -4.93. The van der Waals surface area contributed by atoms with Crippen molar-refractivity contribution in [2.45, 2.75) is 56.5 Å². The van der Waals surface area contributed by atoms with E-state index in [1.807, 2.05) is 0 Å². The van der Waals surface area contributed by atoms with Crippen molar-refractivity contribution in [1.82, 2.24) is 0 Å². The van der Waals surface area contributed by atoms with Gasteiger partial charge in [-0.25, -0.2) is 4.79 Å². The molecule has 0 N–H and O–H groups in total. The fourth-order valence-electron chi connectivity index (χ4n) is 3.37. The SMILES string of the molecule is COC(=O)CC1(C(=O)OC)CC(CCCCC=Cc2ccc(C(F)(F)F)cc2C(F)(F)F)=NO1. The molecule has 0 amide bonds. The highest BCUT2D eigenvalue weighted by molar-refractivity contribution is 5.96. The van der Waals surface area contributed by atoms with Crippen LogP contribution in [0.2, 0.25) is 0 Å². The van der Waals surface area contributed by atoms with E-state index in [0.717, 1.165) is 19.3 Å². The van der Waals surface area contributed by atoms with Crippen molar-refractivity contribution in [1.29, 1.82) is 0 Å². The lowest BCUT2D eigenvalue weighted by molar-refractivity contribution is -0.173. The molecular formula is C22H23F6NO5. The van der Waals surface area contributed by atoms with Crippen LogP contribution in [-0.4, -0.2) is 37.5 Å². The van der Waals surface area contributed by atoms with Crippen molar-refractivity contribution in [3.8, 4) is 0 Å². The van der Waals surface area contributed by atoms with Crippen LogP contribution in [0.25, 0.3) is 6.08 Å². The quantitative estimate of drug-likeness (QED) is 0.255. The Hall–Kier alpha value is -3.05. The number of rotatable bonds is 9. The number of halogens is 6. The molecule has 1 unspecified atom stereocenters. The topological polar surface area (TPSA) is 74.2 Å². The Morgan fingerprint density at radius 1 is 1.09 bits per heavy atom. The zero-order chi connectivity index (χ0) is 25.6. The van der Waals surface area contributed by atoms with Crippen LogP contribution in [0.5, 0.6) is 0 Å². The number of alkyl halides is 6. The molecule has 0 aliphatic carbocycles. The van der Waals surface area contributed by atoms with Gasteiger partial charge < -0.3 is 14.3 Å². The summed E-state index contributed by atoms with van der Waals surface area (Å²) in [5, 5.41) is 3.85. The van der Waals surface area contributed by atoms with E-state index in [4.69, 9.17) is 9.57 Å². The fraction of sp³-hybridized carbons (Fsp3) is 0.500. The number of nitrogens with zero attached hydrogens (tertiary/aromatic N) is 1. The first-order chi connectivity index (χ1) is 15.8. The smallest absolute Gasteiger partial charge is 0.417 e. The number of oxime groups is 1. The molecule has 1 atom stereocenters. The maximum Gasteiger partial charge on any atom is 0.417 e. The van der Waals surface area contributed by atoms with E-state index < -0.39 is 41.0 Å². The van der Waals surface area contributed by atoms with E-state index >= 15 is 0 Å². The maximum atomic E-state index is 13.2.